The Morgan fingerprint density at radius 1 is 1.22 bits per heavy atom. The summed E-state index contributed by atoms with van der Waals surface area (Å²) in [5.41, 5.74) is 0. The summed E-state index contributed by atoms with van der Waals surface area (Å²) in [5, 5.41) is 3.34. The van der Waals surface area contributed by atoms with E-state index in [0.717, 1.165) is 30.9 Å². The molecule has 0 spiro atoms. The Kier molecular flexibility index (Phi) is 6.58. The van der Waals surface area contributed by atoms with Gasteiger partial charge in [0.1, 0.15) is 0 Å². The van der Waals surface area contributed by atoms with Crippen LogP contribution in [0.2, 0.25) is 0 Å². The lowest BCUT2D eigenvalue weighted by molar-refractivity contribution is 0.247. The summed E-state index contributed by atoms with van der Waals surface area (Å²) in [6.07, 6.45) is 2.18. The number of ether oxygens (including phenoxy) is 2. The van der Waals surface area contributed by atoms with Crippen molar-refractivity contribution in [3.8, 4) is 11.5 Å². The Balaban J connectivity index is 2.41. The smallest absolute Gasteiger partial charge is 0.161 e. The van der Waals surface area contributed by atoms with E-state index in [-0.39, 0.29) is 0 Å². The van der Waals surface area contributed by atoms with Crippen LogP contribution in [-0.2, 0) is 0 Å². The third kappa shape index (κ3) is 4.22. The van der Waals surface area contributed by atoms with Crippen molar-refractivity contribution in [2.75, 3.05) is 20.8 Å². The van der Waals surface area contributed by atoms with Crippen molar-refractivity contribution in [1.29, 1.82) is 0 Å². The Bertz CT molecular complexity index is 337. The summed E-state index contributed by atoms with van der Waals surface area (Å²) >= 11 is 0. The Morgan fingerprint density at radius 3 is 2.44 bits per heavy atom. The summed E-state index contributed by atoms with van der Waals surface area (Å²) in [4.78, 5) is 0. The predicted octanol–water partition coefficient (Wildman–Crippen LogP) is 3.10. The van der Waals surface area contributed by atoms with Gasteiger partial charge >= 0.3 is 0 Å². The van der Waals surface area contributed by atoms with E-state index in [1.54, 1.807) is 7.11 Å². The highest BCUT2D eigenvalue weighted by molar-refractivity contribution is 5.39. The molecule has 1 aromatic carbocycles. The zero-order valence-electron chi connectivity index (χ0n) is 11.9. The van der Waals surface area contributed by atoms with Gasteiger partial charge in [-0.1, -0.05) is 26.0 Å². The minimum Gasteiger partial charge on any atom is -0.493 e. The third-order valence-corrected chi connectivity index (χ3v) is 3.40. The molecular weight excluding hydrogens is 226 g/mol. The largest absolute Gasteiger partial charge is 0.493 e. The molecule has 0 amide bonds. The molecule has 0 heterocycles. The lowest BCUT2D eigenvalue weighted by Gasteiger charge is -2.22. The molecule has 0 aromatic heterocycles. The number of rotatable bonds is 8. The average Bonchev–Trinajstić information content (AvgIpc) is 2.40. The van der Waals surface area contributed by atoms with Crippen LogP contribution in [0.4, 0.5) is 0 Å². The monoisotopic (exact) mass is 251 g/mol. The van der Waals surface area contributed by atoms with E-state index in [0.29, 0.717) is 12.0 Å². The van der Waals surface area contributed by atoms with E-state index in [1.807, 2.05) is 31.3 Å². The van der Waals surface area contributed by atoms with Crippen molar-refractivity contribution in [3.05, 3.63) is 24.3 Å². The summed E-state index contributed by atoms with van der Waals surface area (Å²) in [6.45, 7) is 5.19. The predicted molar refractivity (Wildman–Crippen MR) is 75.4 cm³/mol. The first kappa shape index (κ1) is 14.8. The maximum absolute atomic E-state index is 5.79. The van der Waals surface area contributed by atoms with Gasteiger partial charge < -0.3 is 14.8 Å². The van der Waals surface area contributed by atoms with Crippen LogP contribution in [0, 0.1) is 5.92 Å². The van der Waals surface area contributed by atoms with Crippen LogP contribution in [0.25, 0.3) is 0 Å². The second-order valence-corrected chi connectivity index (χ2v) is 4.57. The number of hydrogen-bond acceptors (Lipinski definition) is 3. The van der Waals surface area contributed by atoms with Crippen molar-refractivity contribution < 1.29 is 9.47 Å². The van der Waals surface area contributed by atoms with Gasteiger partial charge in [0.25, 0.3) is 0 Å². The van der Waals surface area contributed by atoms with E-state index < -0.39 is 0 Å². The molecule has 3 heteroatoms. The third-order valence-electron chi connectivity index (χ3n) is 3.40. The summed E-state index contributed by atoms with van der Waals surface area (Å²) in [7, 11) is 3.69. The molecule has 0 saturated heterocycles. The maximum Gasteiger partial charge on any atom is 0.161 e. The molecule has 0 aliphatic carbocycles. The first-order valence-corrected chi connectivity index (χ1v) is 6.66. The Morgan fingerprint density at radius 2 is 1.89 bits per heavy atom. The first-order valence-electron chi connectivity index (χ1n) is 6.66. The highest BCUT2D eigenvalue weighted by Crippen LogP contribution is 2.26. The van der Waals surface area contributed by atoms with Crippen LogP contribution in [0.1, 0.15) is 26.7 Å². The zero-order valence-corrected chi connectivity index (χ0v) is 11.9. The van der Waals surface area contributed by atoms with Gasteiger partial charge in [-0.15, -0.1) is 0 Å². The van der Waals surface area contributed by atoms with Gasteiger partial charge in [0.05, 0.1) is 13.7 Å². The summed E-state index contributed by atoms with van der Waals surface area (Å²) in [6, 6.07) is 8.33. The molecule has 2 unspecified atom stereocenters. The average molecular weight is 251 g/mol. The number of hydrogen-bond donors (Lipinski definition) is 1. The van der Waals surface area contributed by atoms with Crippen molar-refractivity contribution >= 4 is 0 Å². The van der Waals surface area contributed by atoms with Crippen LogP contribution in [-0.4, -0.2) is 26.8 Å². The second-order valence-electron chi connectivity index (χ2n) is 4.57. The standard InChI is InChI=1S/C15H25NO2/c1-5-13(16-3)12(2)10-11-18-15-9-7-6-8-14(15)17-4/h6-9,12-13,16H,5,10-11H2,1-4H3. The van der Waals surface area contributed by atoms with Gasteiger partial charge in [0, 0.05) is 6.04 Å². The molecule has 102 valence electrons. The van der Waals surface area contributed by atoms with Gasteiger partial charge in [0.15, 0.2) is 11.5 Å². The summed E-state index contributed by atoms with van der Waals surface area (Å²) < 4.78 is 11.0. The Hall–Kier alpha value is -1.22. The fourth-order valence-corrected chi connectivity index (χ4v) is 2.19. The quantitative estimate of drug-likeness (QED) is 0.770. The number of methoxy groups -OCH3 is 1. The fraction of sp³-hybridized carbons (Fsp3) is 0.600. The molecule has 0 aliphatic rings. The maximum atomic E-state index is 5.79. The molecule has 0 saturated carbocycles. The van der Waals surface area contributed by atoms with Crippen LogP contribution < -0.4 is 14.8 Å². The molecular formula is C15H25NO2. The fourth-order valence-electron chi connectivity index (χ4n) is 2.19. The lowest BCUT2D eigenvalue weighted by Crippen LogP contribution is -2.32. The SMILES string of the molecule is CCC(NC)C(C)CCOc1ccccc1OC. The van der Waals surface area contributed by atoms with Crippen LogP contribution in [0.5, 0.6) is 11.5 Å². The first-order chi connectivity index (χ1) is 8.72. The molecule has 18 heavy (non-hydrogen) atoms. The molecule has 1 aromatic rings. The molecule has 1 rings (SSSR count). The van der Waals surface area contributed by atoms with Gasteiger partial charge in [0.2, 0.25) is 0 Å². The summed E-state index contributed by atoms with van der Waals surface area (Å²) in [5.74, 6) is 2.23. The van der Waals surface area contributed by atoms with Crippen molar-refractivity contribution in [2.45, 2.75) is 32.7 Å². The molecule has 3 nitrogen and oxygen atoms in total. The van der Waals surface area contributed by atoms with Gasteiger partial charge in [-0.25, -0.2) is 0 Å². The minimum atomic E-state index is 0.561. The van der Waals surface area contributed by atoms with E-state index in [1.165, 1.54) is 0 Å². The van der Waals surface area contributed by atoms with Crippen molar-refractivity contribution in [3.63, 3.8) is 0 Å². The van der Waals surface area contributed by atoms with Crippen molar-refractivity contribution in [2.24, 2.45) is 5.92 Å². The van der Waals surface area contributed by atoms with E-state index >= 15 is 0 Å². The van der Waals surface area contributed by atoms with Crippen LogP contribution >= 0.6 is 0 Å². The van der Waals surface area contributed by atoms with Gasteiger partial charge in [-0.2, -0.15) is 0 Å². The molecule has 0 aliphatic heterocycles. The van der Waals surface area contributed by atoms with Gasteiger partial charge in [-0.3, -0.25) is 0 Å². The van der Waals surface area contributed by atoms with Crippen LogP contribution in [0.3, 0.4) is 0 Å². The molecule has 1 N–H and O–H groups in total. The topological polar surface area (TPSA) is 30.5 Å². The zero-order chi connectivity index (χ0) is 13.4. The van der Waals surface area contributed by atoms with Crippen LogP contribution in [0.15, 0.2) is 24.3 Å². The second kappa shape index (κ2) is 7.98. The highest BCUT2D eigenvalue weighted by Gasteiger charge is 2.13. The normalized spacial score (nSPS) is 14.0. The molecule has 2 atom stereocenters. The Labute approximate surface area is 110 Å². The van der Waals surface area contributed by atoms with E-state index in [9.17, 15) is 0 Å². The van der Waals surface area contributed by atoms with E-state index in [4.69, 9.17) is 9.47 Å². The molecule has 0 fully saturated rings. The van der Waals surface area contributed by atoms with E-state index in [2.05, 4.69) is 19.2 Å². The minimum absolute atomic E-state index is 0.561. The molecule has 0 radical (unpaired) electrons. The van der Waals surface area contributed by atoms with Crippen molar-refractivity contribution in [1.82, 2.24) is 5.32 Å². The van der Waals surface area contributed by atoms with Gasteiger partial charge in [-0.05, 0) is 37.9 Å². The molecule has 0 bridgehead atoms. The number of benzene rings is 1. The number of para-hydroxylation sites is 2. The lowest BCUT2D eigenvalue weighted by atomic mass is 9.97. The number of nitrogens with one attached hydrogen (secondary N) is 1. The highest BCUT2D eigenvalue weighted by atomic mass is 16.5.